The van der Waals surface area contributed by atoms with E-state index in [1.54, 1.807) is 0 Å². The summed E-state index contributed by atoms with van der Waals surface area (Å²) in [5.41, 5.74) is 8.35. The molecule has 0 aromatic heterocycles. The van der Waals surface area contributed by atoms with Crippen molar-refractivity contribution in [2.75, 3.05) is 6.54 Å². The summed E-state index contributed by atoms with van der Waals surface area (Å²) in [7, 11) is 0. The molecule has 0 saturated heterocycles. The van der Waals surface area contributed by atoms with Crippen LogP contribution in [0.15, 0.2) is 84.9 Å². The van der Waals surface area contributed by atoms with E-state index in [1.807, 2.05) is 71.6 Å². The largest absolute Gasteiger partial charge is 0.309 e. The number of carbonyl (C=O) groups is 1. The Balaban J connectivity index is 1.84. The van der Waals surface area contributed by atoms with Crippen molar-refractivity contribution >= 4 is 11.9 Å². The first-order chi connectivity index (χ1) is 14.5. The van der Waals surface area contributed by atoms with Crippen molar-refractivity contribution in [1.29, 1.82) is 0 Å². The molecule has 5 heteroatoms. The number of hydrogen-bond acceptors (Lipinski definition) is 3. The number of halogens is 2. The molecule has 1 unspecified atom stereocenters. The third-order valence-electron chi connectivity index (χ3n) is 5.63. The second kappa shape index (κ2) is 8.30. The molecule has 0 spiro atoms. The Kier molecular flexibility index (Phi) is 5.57. The van der Waals surface area contributed by atoms with E-state index in [-0.39, 0.29) is 24.6 Å². The second-order valence-corrected chi connectivity index (χ2v) is 7.46. The number of aldehydes is 1. The van der Waals surface area contributed by atoms with E-state index in [0.29, 0.717) is 5.57 Å². The van der Waals surface area contributed by atoms with Gasteiger partial charge in [-0.05, 0) is 34.9 Å². The van der Waals surface area contributed by atoms with Gasteiger partial charge < -0.3 is 10.5 Å². The molecule has 3 aromatic carbocycles. The number of hydrogen-bond donors (Lipinski definition) is 1. The minimum Gasteiger partial charge on any atom is -0.309 e. The average Bonchev–Trinajstić information content (AvgIpc) is 3.23. The molecule has 2 N–H and O–H groups in total. The van der Waals surface area contributed by atoms with Crippen LogP contribution in [0, 0.1) is 11.6 Å². The van der Waals surface area contributed by atoms with Crippen LogP contribution in [-0.4, -0.2) is 17.7 Å². The zero-order chi connectivity index (χ0) is 21.1. The molecule has 4 rings (SSSR count). The van der Waals surface area contributed by atoms with E-state index in [0.717, 1.165) is 29.5 Å². The highest BCUT2D eigenvalue weighted by Gasteiger charge is 2.42. The number of nitrogens with zero attached hydrogens (tertiary/aromatic N) is 1. The summed E-state index contributed by atoms with van der Waals surface area (Å²) in [5, 5.41) is 0. The monoisotopic (exact) mass is 404 g/mol. The molecule has 0 saturated carbocycles. The van der Waals surface area contributed by atoms with Gasteiger partial charge in [0.15, 0.2) is 0 Å². The predicted molar refractivity (Wildman–Crippen MR) is 113 cm³/mol. The van der Waals surface area contributed by atoms with Gasteiger partial charge >= 0.3 is 0 Å². The number of nitrogens with two attached hydrogens (primary N) is 1. The van der Waals surface area contributed by atoms with Crippen molar-refractivity contribution < 1.29 is 13.6 Å². The van der Waals surface area contributed by atoms with Gasteiger partial charge in [0.2, 0.25) is 0 Å². The van der Waals surface area contributed by atoms with Crippen molar-refractivity contribution in [3.05, 3.63) is 113 Å². The minimum absolute atomic E-state index is 0.0626. The van der Waals surface area contributed by atoms with E-state index < -0.39 is 17.3 Å². The third kappa shape index (κ3) is 3.70. The van der Waals surface area contributed by atoms with Gasteiger partial charge in [-0.2, -0.15) is 0 Å². The van der Waals surface area contributed by atoms with Gasteiger partial charge in [0, 0.05) is 18.5 Å². The van der Waals surface area contributed by atoms with Gasteiger partial charge in [-0.3, -0.25) is 4.90 Å². The summed E-state index contributed by atoms with van der Waals surface area (Å²) in [5.74, 6) is -0.994. The molecule has 0 aliphatic carbocycles. The fraction of sp³-hybridized carbons (Fsp3) is 0.160. The first-order valence-corrected chi connectivity index (χ1v) is 9.79. The Hall–Kier alpha value is -3.15. The molecular weight excluding hydrogens is 382 g/mol. The highest BCUT2D eigenvalue weighted by atomic mass is 19.1. The lowest BCUT2D eigenvalue weighted by Crippen LogP contribution is -2.53. The molecule has 1 aliphatic heterocycles. The smallest absolute Gasteiger partial charge is 0.130 e. The van der Waals surface area contributed by atoms with Crippen molar-refractivity contribution in [1.82, 2.24) is 4.90 Å². The Morgan fingerprint density at radius 2 is 1.67 bits per heavy atom. The number of carbonyl (C=O) groups excluding carboxylic acids is 1. The highest BCUT2D eigenvalue weighted by Crippen LogP contribution is 2.42. The minimum atomic E-state index is -1.11. The lowest BCUT2D eigenvalue weighted by atomic mass is 9.93. The molecule has 1 aliphatic rings. The molecule has 3 aromatic rings. The molecule has 1 heterocycles. The molecule has 0 amide bonds. The molecule has 3 nitrogen and oxygen atoms in total. The van der Waals surface area contributed by atoms with Gasteiger partial charge in [0.1, 0.15) is 23.6 Å². The van der Waals surface area contributed by atoms with Gasteiger partial charge in [0.25, 0.3) is 0 Å². The average molecular weight is 404 g/mol. The third-order valence-corrected chi connectivity index (χ3v) is 5.63. The summed E-state index contributed by atoms with van der Waals surface area (Å²) in [6, 6.07) is 22.2. The van der Waals surface area contributed by atoms with Crippen molar-refractivity contribution in [3.63, 3.8) is 0 Å². The van der Waals surface area contributed by atoms with Crippen LogP contribution in [0.5, 0.6) is 0 Å². The molecule has 0 fully saturated rings. The molecular formula is C25H22F2N2O. The first-order valence-electron chi connectivity index (χ1n) is 9.79. The molecule has 0 radical (unpaired) electrons. The maximum Gasteiger partial charge on any atom is 0.130 e. The normalized spacial score (nSPS) is 18.6. The van der Waals surface area contributed by atoms with Crippen molar-refractivity contribution in [3.8, 4) is 0 Å². The predicted octanol–water partition coefficient (Wildman–Crippen LogP) is 4.81. The molecule has 30 heavy (non-hydrogen) atoms. The fourth-order valence-electron chi connectivity index (χ4n) is 4.10. The fourth-order valence-corrected chi connectivity index (χ4v) is 4.10. The summed E-state index contributed by atoms with van der Waals surface area (Å²) >= 11 is 0. The standard InChI is InChI=1S/C25H22F2N2O/c26-21-11-12-23(27)22(16-21)19-15-24(18-7-3-1-4-8-18)29(17-19)25(28,13-14-30)20-9-5-2-6-10-20/h1-12,14-16,24H,13,17,28H2/t24?,25-/m0/s1. The Bertz CT molecular complexity index is 1070. The zero-order valence-electron chi connectivity index (χ0n) is 16.3. The lowest BCUT2D eigenvalue weighted by molar-refractivity contribution is -0.111. The number of benzene rings is 3. The SMILES string of the molecule is N[C@](CC=O)(c1ccccc1)N1CC(c2cc(F)ccc2F)=CC1c1ccccc1. The Morgan fingerprint density at radius 3 is 2.33 bits per heavy atom. The first kappa shape index (κ1) is 20.1. The lowest BCUT2D eigenvalue weighted by Gasteiger charge is -2.42. The maximum absolute atomic E-state index is 14.5. The van der Waals surface area contributed by atoms with Crippen LogP contribution in [0.25, 0.3) is 5.57 Å². The quantitative estimate of drug-likeness (QED) is 0.600. The van der Waals surface area contributed by atoms with Crippen molar-refractivity contribution in [2.45, 2.75) is 18.1 Å². The van der Waals surface area contributed by atoms with Gasteiger partial charge in [-0.15, -0.1) is 0 Å². The van der Waals surface area contributed by atoms with E-state index in [2.05, 4.69) is 0 Å². The van der Waals surface area contributed by atoms with E-state index in [9.17, 15) is 13.6 Å². The van der Waals surface area contributed by atoms with Crippen LogP contribution in [0.2, 0.25) is 0 Å². The van der Waals surface area contributed by atoms with Gasteiger partial charge in [-0.1, -0.05) is 66.7 Å². The topological polar surface area (TPSA) is 46.3 Å². The Morgan fingerprint density at radius 1 is 1.00 bits per heavy atom. The van der Waals surface area contributed by atoms with Gasteiger partial charge in [0.05, 0.1) is 6.04 Å². The molecule has 0 bridgehead atoms. The van der Waals surface area contributed by atoms with Crippen molar-refractivity contribution in [2.24, 2.45) is 5.73 Å². The van der Waals surface area contributed by atoms with Gasteiger partial charge in [-0.25, -0.2) is 8.78 Å². The zero-order valence-corrected chi connectivity index (χ0v) is 16.3. The Labute approximate surface area is 174 Å². The van der Waals surface area contributed by atoms with Crippen LogP contribution >= 0.6 is 0 Å². The summed E-state index contributed by atoms with van der Waals surface area (Å²) in [6.45, 7) is 0.277. The maximum atomic E-state index is 14.5. The second-order valence-electron chi connectivity index (χ2n) is 7.46. The molecule has 2 atom stereocenters. The van der Waals surface area contributed by atoms with E-state index >= 15 is 0 Å². The highest BCUT2D eigenvalue weighted by molar-refractivity contribution is 5.71. The van der Waals surface area contributed by atoms with Crippen LogP contribution in [-0.2, 0) is 10.5 Å². The summed E-state index contributed by atoms with van der Waals surface area (Å²) < 4.78 is 28.4. The van der Waals surface area contributed by atoms with Crippen LogP contribution in [0.3, 0.4) is 0 Å². The summed E-state index contributed by atoms with van der Waals surface area (Å²) in [6.07, 6.45) is 2.77. The number of rotatable bonds is 6. The van der Waals surface area contributed by atoms with Crippen LogP contribution < -0.4 is 5.73 Å². The van der Waals surface area contributed by atoms with E-state index in [4.69, 9.17) is 5.73 Å². The summed E-state index contributed by atoms with van der Waals surface area (Å²) in [4.78, 5) is 13.6. The van der Waals surface area contributed by atoms with Crippen LogP contribution in [0.4, 0.5) is 8.78 Å². The van der Waals surface area contributed by atoms with E-state index in [1.165, 1.54) is 6.07 Å². The molecule has 152 valence electrons. The van der Waals surface area contributed by atoms with Crippen LogP contribution in [0.1, 0.15) is 29.2 Å².